The molecule has 0 aromatic heterocycles. The molecule has 0 radical (unpaired) electrons. The normalized spacial score (nSPS) is 13.9. The fourth-order valence-electron chi connectivity index (χ4n) is 3.43. The van der Waals surface area contributed by atoms with Gasteiger partial charge in [0, 0.05) is 6.54 Å². The second-order valence-electron chi connectivity index (χ2n) is 7.49. The Morgan fingerprint density at radius 3 is 1.88 bits per heavy atom. The summed E-state index contributed by atoms with van der Waals surface area (Å²) in [6, 6.07) is 0. The molecule has 0 saturated heterocycles. The molecule has 0 fully saturated rings. The van der Waals surface area contributed by atoms with Gasteiger partial charge in [0.25, 0.3) is 0 Å². The van der Waals surface area contributed by atoms with Gasteiger partial charge in [0.2, 0.25) is 0 Å². The third-order valence-corrected chi connectivity index (χ3v) is 6.47. The van der Waals surface area contributed by atoms with Gasteiger partial charge in [-0.05, 0) is 31.3 Å². The largest absolute Gasteiger partial charge is 0.480 e. The minimum atomic E-state index is -0.805. The number of unbranched alkanes of at least 4 members (excludes halogenated alkanes) is 10. The first-order valence-electron chi connectivity index (χ1n) is 10.7. The topological polar surface area (TPSA) is 40.5 Å². The highest BCUT2D eigenvalue weighted by molar-refractivity contribution is 7.98. The highest BCUT2D eigenvalue weighted by Crippen LogP contribution is 2.31. The number of thioether (sulfide) groups is 1. The predicted octanol–water partition coefficient (Wildman–Crippen LogP) is 6.82. The molecule has 156 valence electrons. The Balaban J connectivity index is 4.55. The molecule has 0 aliphatic carbocycles. The number of carboxylic acids is 1. The molecule has 0 aromatic carbocycles. The second kappa shape index (κ2) is 17.2. The van der Waals surface area contributed by atoms with Crippen molar-refractivity contribution in [3.05, 3.63) is 0 Å². The molecule has 0 rings (SSSR count). The van der Waals surface area contributed by atoms with Crippen LogP contribution in [-0.4, -0.2) is 39.5 Å². The summed E-state index contributed by atoms with van der Waals surface area (Å²) in [4.78, 5) is 12.2. The van der Waals surface area contributed by atoms with Crippen LogP contribution in [0.4, 0.5) is 0 Å². The lowest BCUT2D eigenvalue weighted by Crippen LogP contribution is -2.51. The van der Waals surface area contributed by atoms with Crippen LogP contribution in [0.25, 0.3) is 0 Å². The van der Waals surface area contributed by atoms with Crippen molar-refractivity contribution in [1.82, 2.24) is 4.31 Å². The molecule has 3 nitrogen and oxygen atoms in total. The molecule has 0 amide bonds. The minimum absolute atomic E-state index is 0.678. The van der Waals surface area contributed by atoms with Crippen LogP contribution < -0.4 is 0 Å². The molecule has 1 atom stereocenters. The first-order chi connectivity index (χ1) is 12.5. The zero-order valence-electron chi connectivity index (χ0n) is 17.5. The Morgan fingerprint density at radius 2 is 1.38 bits per heavy atom. The van der Waals surface area contributed by atoms with Gasteiger partial charge < -0.3 is 5.11 Å². The Morgan fingerprint density at radius 1 is 0.885 bits per heavy atom. The second-order valence-corrected chi connectivity index (χ2v) is 8.96. The summed E-state index contributed by atoms with van der Waals surface area (Å²) in [7, 11) is 0. The van der Waals surface area contributed by atoms with E-state index < -0.39 is 11.5 Å². The van der Waals surface area contributed by atoms with Gasteiger partial charge in [0.15, 0.2) is 0 Å². The Labute approximate surface area is 172 Å². The van der Waals surface area contributed by atoms with Crippen molar-refractivity contribution in [2.24, 2.45) is 0 Å². The Hall–Kier alpha value is 0.130. The SMILES string of the molecule is CCCCCCCCN(S)[C@@](CCCCCCCC)(CCSC)C(=O)O. The smallest absolute Gasteiger partial charge is 0.325 e. The van der Waals surface area contributed by atoms with Crippen molar-refractivity contribution < 1.29 is 9.90 Å². The summed E-state index contributed by atoms with van der Waals surface area (Å²) in [6.07, 6.45) is 17.9. The van der Waals surface area contributed by atoms with Gasteiger partial charge in [0.05, 0.1) is 0 Å². The zero-order valence-corrected chi connectivity index (χ0v) is 19.2. The van der Waals surface area contributed by atoms with Gasteiger partial charge in [-0.25, -0.2) is 4.31 Å². The van der Waals surface area contributed by atoms with Crippen molar-refractivity contribution in [2.45, 2.75) is 109 Å². The molecule has 0 aromatic rings. The van der Waals surface area contributed by atoms with E-state index in [1.807, 2.05) is 10.6 Å². The Bertz CT molecular complexity index is 342. The van der Waals surface area contributed by atoms with Crippen molar-refractivity contribution in [3.8, 4) is 0 Å². The fraction of sp³-hybridized carbons (Fsp3) is 0.952. The molecular formula is C21H43NO2S2. The number of hydrogen-bond donors (Lipinski definition) is 2. The predicted molar refractivity (Wildman–Crippen MR) is 120 cm³/mol. The molecule has 26 heavy (non-hydrogen) atoms. The van der Waals surface area contributed by atoms with E-state index in [1.165, 1.54) is 57.8 Å². The number of rotatable bonds is 19. The third kappa shape index (κ3) is 11.1. The van der Waals surface area contributed by atoms with E-state index in [0.29, 0.717) is 12.8 Å². The first kappa shape index (κ1) is 26.1. The number of carbonyl (C=O) groups is 1. The van der Waals surface area contributed by atoms with E-state index in [0.717, 1.165) is 31.6 Å². The third-order valence-electron chi connectivity index (χ3n) is 5.28. The van der Waals surface area contributed by atoms with E-state index in [2.05, 4.69) is 26.7 Å². The maximum atomic E-state index is 12.2. The summed E-state index contributed by atoms with van der Waals surface area (Å²) in [5.74, 6) is 0.177. The van der Waals surface area contributed by atoms with Crippen LogP contribution in [0.5, 0.6) is 0 Å². The average Bonchev–Trinajstić information content (AvgIpc) is 2.63. The molecule has 5 heteroatoms. The van der Waals surface area contributed by atoms with Gasteiger partial charge in [-0.3, -0.25) is 4.79 Å². The molecule has 0 heterocycles. The molecule has 0 unspecified atom stereocenters. The highest BCUT2D eigenvalue weighted by Gasteiger charge is 2.41. The van der Waals surface area contributed by atoms with E-state index in [1.54, 1.807) is 11.8 Å². The van der Waals surface area contributed by atoms with Crippen molar-refractivity contribution in [1.29, 1.82) is 0 Å². The quantitative estimate of drug-likeness (QED) is 0.183. The fourth-order valence-corrected chi connectivity index (χ4v) is 4.40. The average molecular weight is 406 g/mol. The molecule has 1 N–H and O–H groups in total. The number of aliphatic carboxylic acids is 1. The zero-order chi connectivity index (χ0) is 19.7. The van der Waals surface area contributed by atoms with Gasteiger partial charge in [-0.2, -0.15) is 11.8 Å². The minimum Gasteiger partial charge on any atom is -0.480 e. The van der Waals surface area contributed by atoms with E-state index >= 15 is 0 Å². The number of thiol groups is 1. The van der Waals surface area contributed by atoms with Crippen LogP contribution >= 0.6 is 24.6 Å². The molecule has 0 spiro atoms. The summed E-state index contributed by atoms with van der Waals surface area (Å²) in [5, 5.41) is 10.0. The number of hydrogen-bond acceptors (Lipinski definition) is 4. The molecular weight excluding hydrogens is 362 g/mol. The summed E-state index contributed by atoms with van der Waals surface area (Å²) >= 11 is 6.40. The van der Waals surface area contributed by atoms with Gasteiger partial charge in [-0.1, -0.05) is 97.3 Å². The maximum absolute atomic E-state index is 12.2. The van der Waals surface area contributed by atoms with E-state index in [9.17, 15) is 9.90 Å². The van der Waals surface area contributed by atoms with E-state index in [4.69, 9.17) is 0 Å². The van der Waals surface area contributed by atoms with Crippen LogP contribution in [0.15, 0.2) is 0 Å². The standard InChI is InChI=1S/C21H43NO2S2/c1-4-6-8-10-12-14-16-21(20(23)24,17-19-26-3)22(25)18-15-13-11-9-7-5-2/h25H,4-19H2,1-3H3,(H,23,24)/t21-/m0/s1. The van der Waals surface area contributed by atoms with Gasteiger partial charge >= 0.3 is 5.97 Å². The lowest BCUT2D eigenvalue weighted by molar-refractivity contribution is -0.148. The Kier molecular flexibility index (Phi) is 17.3. The van der Waals surface area contributed by atoms with Crippen LogP contribution in [0.3, 0.4) is 0 Å². The summed E-state index contributed by atoms with van der Waals surface area (Å²) in [5.41, 5.74) is -0.805. The van der Waals surface area contributed by atoms with Crippen molar-refractivity contribution in [3.63, 3.8) is 0 Å². The highest BCUT2D eigenvalue weighted by atomic mass is 32.2. The van der Waals surface area contributed by atoms with Crippen LogP contribution in [0.1, 0.15) is 104 Å². The lowest BCUT2D eigenvalue weighted by Gasteiger charge is -2.37. The van der Waals surface area contributed by atoms with Crippen molar-refractivity contribution >= 4 is 30.5 Å². The van der Waals surface area contributed by atoms with E-state index in [-0.39, 0.29) is 0 Å². The summed E-state index contributed by atoms with van der Waals surface area (Å²) in [6.45, 7) is 5.22. The first-order valence-corrected chi connectivity index (χ1v) is 12.5. The van der Waals surface area contributed by atoms with Gasteiger partial charge in [0.1, 0.15) is 5.54 Å². The maximum Gasteiger partial charge on any atom is 0.325 e. The number of nitrogens with zero attached hydrogens (tertiary/aromatic N) is 1. The van der Waals surface area contributed by atoms with Gasteiger partial charge in [-0.15, -0.1) is 0 Å². The van der Waals surface area contributed by atoms with Crippen LogP contribution in [-0.2, 0) is 4.79 Å². The molecule has 0 saturated carbocycles. The molecule has 0 bridgehead atoms. The van der Waals surface area contributed by atoms with Crippen LogP contribution in [0.2, 0.25) is 0 Å². The summed E-state index contributed by atoms with van der Waals surface area (Å²) < 4.78 is 1.86. The van der Waals surface area contributed by atoms with Crippen molar-refractivity contribution in [2.75, 3.05) is 18.6 Å². The monoisotopic (exact) mass is 405 g/mol. The van der Waals surface area contributed by atoms with Crippen LogP contribution in [0, 0.1) is 0 Å². The molecule has 0 aliphatic heterocycles. The number of carboxylic acid groups (broad SMARTS) is 1. The molecule has 0 aliphatic rings. The lowest BCUT2D eigenvalue weighted by atomic mass is 9.88.